The average Bonchev–Trinajstić information content (AvgIpc) is 2.27. The van der Waals surface area contributed by atoms with Crippen molar-refractivity contribution in [1.29, 1.82) is 0 Å². The van der Waals surface area contributed by atoms with Crippen molar-refractivity contribution in [2.45, 2.75) is 26.2 Å². The van der Waals surface area contributed by atoms with Crippen molar-refractivity contribution in [3.05, 3.63) is 33.8 Å². The number of aryl methyl sites for hydroxylation is 1. The molecule has 0 aliphatic heterocycles. The molecule has 2 nitrogen and oxygen atoms in total. The molecular weight excluding hydrogens is 278 g/mol. The van der Waals surface area contributed by atoms with E-state index in [9.17, 15) is 4.79 Å². The van der Waals surface area contributed by atoms with E-state index in [4.69, 9.17) is 6.42 Å². The number of unbranched alkanes of at least 4 members (excludes halogenated alkanes) is 2. The van der Waals surface area contributed by atoms with Crippen LogP contribution >= 0.6 is 15.9 Å². The van der Waals surface area contributed by atoms with Gasteiger partial charge >= 0.3 is 0 Å². The second kappa shape index (κ2) is 7.13. The summed E-state index contributed by atoms with van der Waals surface area (Å²) in [6.07, 6.45) is 7.79. The van der Waals surface area contributed by atoms with Gasteiger partial charge in [-0.15, -0.1) is 12.3 Å². The van der Waals surface area contributed by atoms with Crippen LogP contribution in [-0.2, 0) is 0 Å². The zero-order valence-electron chi connectivity index (χ0n) is 9.92. The monoisotopic (exact) mass is 293 g/mol. The third-order valence-electron chi connectivity index (χ3n) is 2.34. The van der Waals surface area contributed by atoms with Crippen molar-refractivity contribution in [2.24, 2.45) is 0 Å². The number of rotatable bonds is 5. The summed E-state index contributed by atoms with van der Waals surface area (Å²) in [4.78, 5) is 11.8. The molecule has 90 valence electrons. The molecule has 0 unspecified atom stereocenters. The SMILES string of the molecule is C#CCCCCNC(=O)c1cc(C)cc(Br)c1. The van der Waals surface area contributed by atoms with Crippen LogP contribution in [0.5, 0.6) is 0 Å². The topological polar surface area (TPSA) is 29.1 Å². The Hall–Kier alpha value is -1.27. The van der Waals surface area contributed by atoms with E-state index in [2.05, 4.69) is 27.2 Å². The Morgan fingerprint density at radius 2 is 2.18 bits per heavy atom. The third kappa shape index (κ3) is 5.06. The van der Waals surface area contributed by atoms with E-state index >= 15 is 0 Å². The minimum atomic E-state index is -0.0323. The number of carbonyl (C=O) groups excluding carboxylic acids is 1. The number of nitrogens with one attached hydrogen (secondary N) is 1. The lowest BCUT2D eigenvalue weighted by molar-refractivity contribution is 0.0953. The van der Waals surface area contributed by atoms with Crippen LogP contribution in [0.1, 0.15) is 35.2 Å². The number of benzene rings is 1. The Morgan fingerprint density at radius 3 is 2.82 bits per heavy atom. The number of terminal acetylenes is 1. The molecule has 1 aromatic rings. The highest BCUT2D eigenvalue weighted by Crippen LogP contribution is 2.15. The van der Waals surface area contributed by atoms with Crippen molar-refractivity contribution < 1.29 is 4.79 Å². The van der Waals surface area contributed by atoms with Crippen LogP contribution in [0.25, 0.3) is 0 Å². The normalized spacial score (nSPS) is 9.71. The molecule has 0 saturated heterocycles. The van der Waals surface area contributed by atoms with Crippen LogP contribution in [0.4, 0.5) is 0 Å². The first kappa shape index (κ1) is 13.8. The molecule has 1 N–H and O–H groups in total. The summed E-state index contributed by atoms with van der Waals surface area (Å²) >= 11 is 3.38. The fourth-order valence-corrected chi connectivity index (χ4v) is 2.13. The molecule has 0 heterocycles. The molecule has 1 aromatic carbocycles. The molecule has 0 spiro atoms. The lowest BCUT2D eigenvalue weighted by Crippen LogP contribution is -2.24. The highest BCUT2D eigenvalue weighted by molar-refractivity contribution is 9.10. The van der Waals surface area contributed by atoms with Crippen LogP contribution in [-0.4, -0.2) is 12.5 Å². The Balaban J connectivity index is 2.44. The second-order valence-corrected chi connectivity index (χ2v) is 4.85. The zero-order chi connectivity index (χ0) is 12.7. The molecule has 0 fully saturated rings. The molecule has 1 rings (SSSR count). The van der Waals surface area contributed by atoms with Crippen molar-refractivity contribution in [3.8, 4) is 12.3 Å². The van der Waals surface area contributed by atoms with E-state index in [1.54, 1.807) is 0 Å². The maximum Gasteiger partial charge on any atom is 0.251 e. The smallest absolute Gasteiger partial charge is 0.251 e. The van der Waals surface area contributed by atoms with E-state index < -0.39 is 0 Å². The highest BCUT2D eigenvalue weighted by atomic mass is 79.9. The van der Waals surface area contributed by atoms with Gasteiger partial charge in [-0.2, -0.15) is 0 Å². The van der Waals surface area contributed by atoms with Gasteiger partial charge in [-0.05, 0) is 43.5 Å². The summed E-state index contributed by atoms with van der Waals surface area (Å²) < 4.78 is 0.926. The molecule has 17 heavy (non-hydrogen) atoms. The maximum atomic E-state index is 11.8. The first-order chi connectivity index (χ1) is 8.13. The van der Waals surface area contributed by atoms with Gasteiger partial charge in [-0.1, -0.05) is 15.9 Å². The summed E-state index contributed by atoms with van der Waals surface area (Å²) in [6.45, 7) is 2.64. The fourth-order valence-electron chi connectivity index (χ4n) is 1.52. The molecule has 0 aliphatic rings. The van der Waals surface area contributed by atoms with Gasteiger partial charge in [0.15, 0.2) is 0 Å². The predicted octanol–water partition coefficient (Wildman–Crippen LogP) is 3.29. The molecule has 0 aliphatic carbocycles. The predicted molar refractivity (Wildman–Crippen MR) is 73.9 cm³/mol. The summed E-state index contributed by atoms with van der Waals surface area (Å²) in [5.41, 5.74) is 1.76. The van der Waals surface area contributed by atoms with Crippen LogP contribution in [0.3, 0.4) is 0 Å². The van der Waals surface area contributed by atoms with Gasteiger partial charge in [0.1, 0.15) is 0 Å². The van der Waals surface area contributed by atoms with Crippen molar-refractivity contribution in [2.75, 3.05) is 6.54 Å². The van der Waals surface area contributed by atoms with Crippen molar-refractivity contribution in [3.63, 3.8) is 0 Å². The van der Waals surface area contributed by atoms with Gasteiger partial charge in [0.2, 0.25) is 0 Å². The Kier molecular flexibility index (Phi) is 5.79. The summed E-state index contributed by atoms with van der Waals surface area (Å²) in [5.74, 6) is 2.55. The molecular formula is C14H16BrNO. The number of carbonyl (C=O) groups is 1. The minimum absolute atomic E-state index is 0.0323. The first-order valence-corrected chi connectivity index (χ1v) is 6.41. The molecule has 0 bridgehead atoms. The first-order valence-electron chi connectivity index (χ1n) is 5.62. The van der Waals surface area contributed by atoms with Crippen LogP contribution in [0, 0.1) is 19.3 Å². The summed E-state index contributed by atoms with van der Waals surface area (Å²) in [6, 6.07) is 5.68. The van der Waals surface area contributed by atoms with Gasteiger partial charge < -0.3 is 5.32 Å². The quantitative estimate of drug-likeness (QED) is 0.655. The lowest BCUT2D eigenvalue weighted by Gasteiger charge is -2.06. The van der Waals surface area contributed by atoms with Gasteiger partial charge in [-0.3, -0.25) is 4.79 Å². The number of amides is 1. The van der Waals surface area contributed by atoms with Crippen molar-refractivity contribution >= 4 is 21.8 Å². The molecule has 1 amide bonds. The maximum absolute atomic E-state index is 11.8. The Labute approximate surface area is 111 Å². The zero-order valence-corrected chi connectivity index (χ0v) is 11.5. The molecule has 0 atom stereocenters. The van der Waals surface area contributed by atoms with Gasteiger partial charge in [0.05, 0.1) is 0 Å². The molecule has 0 saturated carbocycles. The Morgan fingerprint density at radius 1 is 1.41 bits per heavy atom. The lowest BCUT2D eigenvalue weighted by atomic mass is 10.1. The minimum Gasteiger partial charge on any atom is -0.352 e. The average molecular weight is 294 g/mol. The van der Waals surface area contributed by atoms with E-state index in [0.717, 1.165) is 29.3 Å². The number of hydrogen-bond donors (Lipinski definition) is 1. The van der Waals surface area contributed by atoms with Gasteiger partial charge in [-0.25, -0.2) is 0 Å². The summed E-state index contributed by atoms with van der Waals surface area (Å²) in [5, 5.41) is 2.88. The number of halogens is 1. The van der Waals surface area contributed by atoms with E-state index in [1.807, 2.05) is 25.1 Å². The van der Waals surface area contributed by atoms with Crippen LogP contribution in [0.2, 0.25) is 0 Å². The standard InChI is InChI=1S/C14H16BrNO/c1-3-4-5-6-7-16-14(17)12-8-11(2)9-13(15)10-12/h1,8-10H,4-7H2,2H3,(H,16,17). The second-order valence-electron chi connectivity index (χ2n) is 3.93. The molecule has 0 radical (unpaired) electrons. The number of hydrogen-bond acceptors (Lipinski definition) is 1. The van der Waals surface area contributed by atoms with E-state index in [-0.39, 0.29) is 5.91 Å². The van der Waals surface area contributed by atoms with Crippen LogP contribution in [0.15, 0.2) is 22.7 Å². The molecule has 3 heteroatoms. The molecule has 0 aromatic heterocycles. The third-order valence-corrected chi connectivity index (χ3v) is 2.80. The van der Waals surface area contributed by atoms with Gasteiger partial charge in [0, 0.05) is 23.0 Å². The van der Waals surface area contributed by atoms with Gasteiger partial charge in [0.25, 0.3) is 5.91 Å². The van der Waals surface area contributed by atoms with E-state index in [0.29, 0.717) is 12.1 Å². The van der Waals surface area contributed by atoms with Crippen LogP contribution < -0.4 is 5.32 Å². The van der Waals surface area contributed by atoms with E-state index in [1.165, 1.54) is 0 Å². The highest BCUT2D eigenvalue weighted by Gasteiger charge is 2.05. The fraction of sp³-hybridized carbons (Fsp3) is 0.357. The van der Waals surface area contributed by atoms with Crippen molar-refractivity contribution in [1.82, 2.24) is 5.32 Å². The Bertz CT molecular complexity index is 414. The largest absolute Gasteiger partial charge is 0.352 e. The summed E-state index contributed by atoms with van der Waals surface area (Å²) in [7, 11) is 0.